The van der Waals surface area contributed by atoms with Gasteiger partial charge in [-0.2, -0.15) is 0 Å². The lowest BCUT2D eigenvalue weighted by Crippen LogP contribution is -2.30. The number of allylic oxidation sites excluding steroid dienone is 2. The molecule has 3 nitrogen and oxygen atoms in total. The number of carboxylic acid groups (broad SMARTS) is 1. The Morgan fingerprint density at radius 2 is 2.12 bits per heavy atom. The third kappa shape index (κ3) is 2.21. The molecule has 0 spiro atoms. The number of carbonyl (C=O) groups is 1. The monoisotopic (exact) mass is 323 g/mol. The molecule has 2 N–H and O–H groups in total. The van der Waals surface area contributed by atoms with Crippen LogP contribution in [0.2, 0.25) is 0 Å². The number of fused-ring (bicyclic) bond motifs is 3. The normalized spacial score (nSPS) is 24.2. The van der Waals surface area contributed by atoms with E-state index >= 15 is 0 Å². The number of hydrogen-bond acceptors (Lipinski definition) is 2. The largest absolute Gasteiger partial charge is 0.478 e. The minimum absolute atomic E-state index is 0.0315. The van der Waals surface area contributed by atoms with Gasteiger partial charge >= 0.3 is 5.97 Å². The molecule has 0 saturated heterocycles. The van der Waals surface area contributed by atoms with Crippen LogP contribution in [0.4, 0.5) is 10.1 Å². The van der Waals surface area contributed by atoms with E-state index in [9.17, 15) is 14.3 Å². The van der Waals surface area contributed by atoms with Crippen molar-refractivity contribution in [2.24, 2.45) is 5.92 Å². The quantitative estimate of drug-likeness (QED) is 0.790. The van der Waals surface area contributed by atoms with E-state index in [1.54, 1.807) is 18.2 Å². The van der Waals surface area contributed by atoms with E-state index in [1.807, 2.05) is 19.1 Å². The van der Waals surface area contributed by atoms with Crippen LogP contribution in [0.15, 0.2) is 48.6 Å². The summed E-state index contributed by atoms with van der Waals surface area (Å²) in [4.78, 5) is 11.4. The molecule has 4 rings (SSSR count). The Kier molecular flexibility index (Phi) is 3.41. The highest BCUT2D eigenvalue weighted by Gasteiger charge is 2.39. The summed E-state index contributed by atoms with van der Waals surface area (Å²) in [6.07, 6.45) is 5.29. The van der Waals surface area contributed by atoms with Gasteiger partial charge < -0.3 is 10.4 Å². The molecule has 0 fully saturated rings. The fraction of sp³-hybridized carbons (Fsp3) is 0.250. The lowest BCUT2D eigenvalue weighted by atomic mass is 9.76. The Morgan fingerprint density at radius 1 is 1.29 bits per heavy atom. The number of carboxylic acids is 1. The SMILES string of the molecule is Cc1c(C(=O)O)ccc2c1N[C@H](c1cccc(F)c1)[C@@H]1CC=C[C@H]21. The van der Waals surface area contributed by atoms with E-state index in [2.05, 4.69) is 17.5 Å². The summed E-state index contributed by atoms with van der Waals surface area (Å²) >= 11 is 0. The molecule has 0 aromatic heterocycles. The van der Waals surface area contributed by atoms with Gasteiger partial charge in [0.2, 0.25) is 0 Å². The molecule has 1 heterocycles. The van der Waals surface area contributed by atoms with Crippen molar-refractivity contribution in [3.8, 4) is 0 Å². The first kappa shape index (κ1) is 14.9. The van der Waals surface area contributed by atoms with E-state index in [0.717, 1.165) is 28.8 Å². The standard InChI is InChI=1S/C20H18FNO2/c1-11-14(20(23)24)8-9-17-15-6-3-7-16(15)19(22-18(11)17)12-4-2-5-13(21)10-12/h2-6,8-10,15-16,19,22H,7H2,1H3,(H,23,24)/t15-,16+,19+/m0/s1. The van der Waals surface area contributed by atoms with Crippen molar-refractivity contribution < 1.29 is 14.3 Å². The smallest absolute Gasteiger partial charge is 0.336 e. The molecular formula is C20H18FNO2. The predicted molar refractivity (Wildman–Crippen MR) is 90.9 cm³/mol. The zero-order chi connectivity index (χ0) is 16.8. The molecule has 0 unspecified atom stereocenters. The molecule has 1 aliphatic heterocycles. The van der Waals surface area contributed by atoms with Crippen molar-refractivity contribution in [1.29, 1.82) is 0 Å². The second kappa shape index (κ2) is 5.48. The number of halogens is 1. The van der Waals surface area contributed by atoms with Crippen LogP contribution in [-0.4, -0.2) is 11.1 Å². The van der Waals surface area contributed by atoms with Gasteiger partial charge in [0.05, 0.1) is 11.6 Å². The Balaban J connectivity index is 1.85. The summed E-state index contributed by atoms with van der Waals surface area (Å²) in [6.45, 7) is 1.83. The number of rotatable bonds is 2. The maximum Gasteiger partial charge on any atom is 0.336 e. The zero-order valence-electron chi connectivity index (χ0n) is 13.3. The third-order valence-electron chi connectivity index (χ3n) is 5.24. The van der Waals surface area contributed by atoms with E-state index in [-0.39, 0.29) is 17.8 Å². The molecule has 0 radical (unpaired) electrons. The number of anilines is 1. The van der Waals surface area contributed by atoms with Crippen LogP contribution in [0.25, 0.3) is 0 Å². The van der Waals surface area contributed by atoms with Crippen molar-refractivity contribution in [3.05, 3.63) is 76.6 Å². The minimum atomic E-state index is -0.927. The molecule has 4 heteroatoms. The maximum absolute atomic E-state index is 13.7. The van der Waals surface area contributed by atoms with Gasteiger partial charge in [0, 0.05) is 11.6 Å². The van der Waals surface area contributed by atoms with Crippen molar-refractivity contribution in [3.63, 3.8) is 0 Å². The van der Waals surface area contributed by atoms with E-state index in [4.69, 9.17) is 0 Å². The molecule has 0 bridgehead atoms. The molecule has 2 aliphatic rings. The predicted octanol–water partition coefficient (Wildman–Crippen LogP) is 4.66. The molecular weight excluding hydrogens is 305 g/mol. The molecule has 122 valence electrons. The zero-order valence-corrected chi connectivity index (χ0v) is 13.3. The average Bonchev–Trinajstić information content (AvgIpc) is 3.04. The minimum Gasteiger partial charge on any atom is -0.478 e. The highest BCUT2D eigenvalue weighted by Crippen LogP contribution is 2.50. The van der Waals surface area contributed by atoms with Crippen LogP contribution >= 0.6 is 0 Å². The van der Waals surface area contributed by atoms with Gasteiger partial charge in [0.25, 0.3) is 0 Å². The molecule has 0 amide bonds. The van der Waals surface area contributed by atoms with Crippen molar-refractivity contribution >= 4 is 11.7 Å². The van der Waals surface area contributed by atoms with Gasteiger partial charge in [-0.05, 0) is 54.2 Å². The van der Waals surface area contributed by atoms with Crippen LogP contribution in [0.5, 0.6) is 0 Å². The Bertz CT molecular complexity index is 859. The summed E-state index contributed by atoms with van der Waals surface area (Å²) in [5, 5.41) is 12.9. The molecule has 0 saturated carbocycles. The van der Waals surface area contributed by atoms with E-state index in [1.165, 1.54) is 6.07 Å². The van der Waals surface area contributed by atoms with Crippen LogP contribution in [0, 0.1) is 18.7 Å². The van der Waals surface area contributed by atoms with Gasteiger partial charge in [-0.15, -0.1) is 0 Å². The summed E-state index contributed by atoms with van der Waals surface area (Å²) < 4.78 is 13.7. The number of hydrogen-bond donors (Lipinski definition) is 2. The van der Waals surface area contributed by atoms with Gasteiger partial charge in [0.15, 0.2) is 0 Å². The second-order valence-electron chi connectivity index (χ2n) is 6.54. The molecule has 2 aromatic carbocycles. The molecule has 2 aromatic rings. The fourth-order valence-corrected chi connectivity index (χ4v) is 4.08. The highest BCUT2D eigenvalue weighted by molar-refractivity contribution is 5.92. The summed E-state index contributed by atoms with van der Waals surface area (Å²) in [5.74, 6) is -0.632. The van der Waals surface area contributed by atoms with Crippen LogP contribution in [0.3, 0.4) is 0 Å². The van der Waals surface area contributed by atoms with Gasteiger partial charge in [-0.3, -0.25) is 0 Å². The summed E-state index contributed by atoms with van der Waals surface area (Å²) in [7, 11) is 0. The van der Waals surface area contributed by atoms with Crippen molar-refractivity contribution in [2.75, 3.05) is 5.32 Å². The third-order valence-corrected chi connectivity index (χ3v) is 5.24. The number of nitrogens with one attached hydrogen (secondary N) is 1. The lowest BCUT2D eigenvalue weighted by molar-refractivity contribution is 0.0696. The first-order valence-electron chi connectivity index (χ1n) is 8.11. The highest BCUT2D eigenvalue weighted by atomic mass is 19.1. The van der Waals surface area contributed by atoms with Gasteiger partial charge in [-0.1, -0.05) is 30.4 Å². The number of benzene rings is 2. The first-order valence-corrected chi connectivity index (χ1v) is 8.11. The summed E-state index contributed by atoms with van der Waals surface area (Å²) in [5.41, 5.74) is 3.94. The summed E-state index contributed by atoms with van der Waals surface area (Å²) in [6, 6.07) is 10.2. The fourth-order valence-electron chi connectivity index (χ4n) is 4.08. The molecule has 1 aliphatic carbocycles. The van der Waals surface area contributed by atoms with Crippen LogP contribution in [-0.2, 0) is 0 Å². The molecule has 3 atom stereocenters. The van der Waals surface area contributed by atoms with E-state index in [0.29, 0.717) is 11.5 Å². The first-order chi connectivity index (χ1) is 11.6. The van der Waals surface area contributed by atoms with Crippen LogP contribution in [0.1, 0.15) is 45.4 Å². The van der Waals surface area contributed by atoms with Crippen molar-refractivity contribution in [1.82, 2.24) is 0 Å². The van der Waals surface area contributed by atoms with Gasteiger partial charge in [-0.25, -0.2) is 9.18 Å². The second-order valence-corrected chi connectivity index (χ2v) is 6.54. The number of aromatic carboxylic acids is 1. The lowest BCUT2D eigenvalue weighted by Gasteiger charge is -2.38. The topological polar surface area (TPSA) is 49.3 Å². The Labute approximate surface area is 139 Å². The van der Waals surface area contributed by atoms with Crippen molar-refractivity contribution in [2.45, 2.75) is 25.3 Å². The average molecular weight is 323 g/mol. The Hall–Kier alpha value is -2.62. The van der Waals surface area contributed by atoms with Gasteiger partial charge in [0.1, 0.15) is 5.82 Å². The van der Waals surface area contributed by atoms with E-state index < -0.39 is 5.97 Å². The molecule has 24 heavy (non-hydrogen) atoms. The Morgan fingerprint density at radius 3 is 2.88 bits per heavy atom. The maximum atomic E-state index is 13.7. The van der Waals surface area contributed by atoms with Crippen LogP contribution < -0.4 is 5.32 Å².